The molecule has 3 amide bonds. The summed E-state index contributed by atoms with van der Waals surface area (Å²) >= 11 is 0. The topological polar surface area (TPSA) is 234 Å². The molecule has 0 aromatic carbocycles. The predicted molar refractivity (Wildman–Crippen MR) is 99.3 cm³/mol. The molecule has 0 radical (unpaired) electrons. The minimum atomic E-state index is -1.63. The van der Waals surface area contributed by atoms with Gasteiger partial charge in [-0.3, -0.25) is 19.2 Å². The molecule has 0 bridgehead atoms. The number of carbonyl (C=O) groups is 5. The summed E-state index contributed by atoms with van der Waals surface area (Å²) in [4.78, 5) is 58.5. The molecule has 0 fully saturated rings. The highest BCUT2D eigenvalue weighted by molar-refractivity contribution is 5.95. The van der Waals surface area contributed by atoms with E-state index in [1.54, 1.807) is 0 Å². The van der Waals surface area contributed by atoms with E-state index < -0.39 is 66.9 Å². The van der Waals surface area contributed by atoms with Crippen molar-refractivity contribution in [3.63, 3.8) is 0 Å². The fraction of sp³-hybridized carbons (Fsp3) is 0.688. The van der Waals surface area contributed by atoms with Crippen LogP contribution in [-0.4, -0.2) is 82.3 Å². The number of amides is 3. The minimum absolute atomic E-state index is 0.0652. The molecule has 0 saturated carbocycles. The van der Waals surface area contributed by atoms with Crippen LogP contribution in [-0.2, 0) is 24.0 Å². The lowest BCUT2D eigenvalue weighted by Gasteiger charge is -2.23. The lowest BCUT2D eigenvalue weighted by atomic mass is 10.1. The highest BCUT2D eigenvalue weighted by atomic mass is 16.4. The molecule has 0 aromatic heterocycles. The molecule has 0 aliphatic heterocycles. The molecule has 0 spiro atoms. The highest BCUT2D eigenvalue weighted by Crippen LogP contribution is 2.03. The van der Waals surface area contributed by atoms with Crippen molar-refractivity contribution in [2.45, 2.75) is 56.8 Å². The van der Waals surface area contributed by atoms with E-state index in [4.69, 9.17) is 16.6 Å². The first kappa shape index (κ1) is 26.2. The van der Waals surface area contributed by atoms with Crippen molar-refractivity contribution in [2.24, 2.45) is 11.5 Å². The molecule has 4 atom stereocenters. The molecular weight excluding hydrogens is 390 g/mol. The van der Waals surface area contributed by atoms with E-state index in [1.165, 1.54) is 6.92 Å². The summed E-state index contributed by atoms with van der Waals surface area (Å²) in [6.07, 6.45) is 0.174. The number of carboxylic acids is 2. The number of aliphatic hydroxyl groups excluding tert-OH is 1. The second-order valence-electron chi connectivity index (χ2n) is 6.38. The first-order chi connectivity index (χ1) is 13.5. The Morgan fingerprint density at radius 3 is 1.83 bits per heavy atom. The van der Waals surface area contributed by atoms with Crippen LogP contribution in [0.4, 0.5) is 0 Å². The van der Waals surface area contributed by atoms with Crippen LogP contribution in [0.25, 0.3) is 0 Å². The number of aliphatic hydroxyl groups is 1. The van der Waals surface area contributed by atoms with E-state index >= 15 is 0 Å². The van der Waals surface area contributed by atoms with E-state index in [9.17, 15) is 34.2 Å². The second kappa shape index (κ2) is 13.4. The quantitative estimate of drug-likeness (QED) is 0.129. The van der Waals surface area contributed by atoms with Crippen molar-refractivity contribution >= 4 is 29.7 Å². The van der Waals surface area contributed by atoms with Gasteiger partial charge in [0, 0.05) is 0 Å². The Morgan fingerprint density at radius 2 is 1.38 bits per heavy atom. The number of carbonyl (C=O) groups excluding carboxylic acids is 3. The third kappa shape index (κ3) is 10.4. The van der Waals surface area contributed by atoms with Gasteiger partial charge >= 0.3 is 11.9 Å². The summed E-state index contributed by atoms with van der Waals surface area (Å²) in [5.74, 6) is -5.56. The van der Waals surface area contributed by atoms with Crippen LogP contribution >= 0.6 is 0 Å². The maximum absolute atomic E-state index is 12.4. The van der Waals surface area contributed by atoms with Crippen molar-refractivity contribution in [1.29, 1.82) is 0 Å². The van der Waals surface area contributed by atoms with Crippen LogP contribution in [0, 0.1) is 0 Å². The largest absolute Gasteiger partial charge is 0.481 e. The van der Waals surface area contributed by atoms with E-state index in [0.29, 0.717) is 19.4 Å². The molecular formula is C16H29N5O8. The van der Waals surface area contributed by atoms with Gasteiger partial charge in [0.25, 0.3) is 0 Å². The third-order valence-corrected chi connectivity index (χ3v) is 3.80. The summed E-state index contributed by atoms with van der Waals surface area (Å²) < 4.78 is 0. The van der Waals surface area contributed by atoms with Crippen molar-refractivity contribution in [2.75, 3.05) is 13.2 Å². The van der Waals surface area contributed by atoms with Gasteiger partial charge in [-0.2, -0.15) is 0 Å². The Morgan fingerprint density at radius 1 is 0.862 bits per heavy atom. The predicted octanol–water partition coefficient (Wildman–Crippen LogP) is -3.53. The Hall–Kier alpha value is -2.77. The van der Waals surface area contributed by atoms with Crippen LogP contribution in [0.3, 0.4) is 0 Å². The van der Waals surface area contributed by atoms with Gasteiger partial charge in [0.05, 0.1) is 19.1 Å². The Labute approximate surface area is 167 Å². The zero-order valence-electron chi connectivity index (χ0n) is 16.1. The Kier molecular flexibility index (Phi) is 12.1. The van der Waals surface area contributed by atoms with Crippen molar-refractivity contribution in [3.05, 3.63) is 0 Å². The van der Waals surface area contributed by atoms with Crippen LogP contribution in [0.2, 0.25) is 0 Å². The van der Waals surface area contributed by atoms with Gasteiger partial charge in [-0.25, -0.2) is 4.79 Å². The molecule has 10 N–H and O–H groups in total. The summed E-state index contributed by atoms with van der Waals surface area (Å²) in [5.41, 5.74) is 10.7. The minimum Gasteiger partial charge on any atom is -0.481 e. The molecule has 0 saturated heterocycles. The van der Waals surface area contributed by atoms with Gasteiger partial charge in [0.2, 0.25) is 17.7 Å². The average Bonchev–Trinajstić information content (AvgIpc) is 2.63. The van der Waals surface area contributed by atoms with Gasteiger partial charge in [-0.1, -0.05) is 0 Å². The van der Waals surface area contributed by atoms with Crippen molar-refractivity contribution < 1.29 is 39.3 Å². The smallest absolute Gasteiger partial charge is 0.326 e. The summed E-state index contributed by atoms with van der Waals surface area (Å²) in [7, 11) is 0. The summed E-state index contributed by atoms with van der Waals surface area (Å²) in [6.45, 7) is 0.856. The molecule has 0 heterocycles. The molecule has 13 nitrogen and oxygen atoms in total. The second-order valence-corrected chi connectivity index (χ2v) is 6.38. The average molecular weight is 419 g/mol. The number of rotatable bonds is 14. The third-order valence-electron chi connectivity index (χ3n) is 3.80. The number of unbranched alkanes of at least 4 members (excludes halogenated alkanes) is 1. The van der Waals surface area contributed by atoms with Gasteiger partial charge in [0.1, 0.15) is 18.1 Å². The Bertz CT molecular complexity index is 598. The number of hydrogen-bond acceptors (Lipinski definition) is 8. The number of hydrogen-bond donors (Lipinski definition) is 8. The van der Waals surface area contributed by atoms with Gasteiger partial charge < -0.3 is 42.7 Å². The lowest BCUT2D eigenvalue weighted by molar-refractivity contribution is -0.144. The summed E-state index contributed by atoms with van der Waals surface area (Å²) in [6, 6.07) is -5.37. The number of nitrogens with two attached hydrogens (primary N) is 2. The monoisotopic (exact) mass is 419 g/mol. The van der Waals surface area contributed by atoms with Crippen LogP contribution in [0.15, 0.2) is 0 Å². The van der Waals surface area contributed by atoms with E-state index in [2.05, 4.69) is 16.0 Å². The highest BCUT2D eigenvalue weighted by Gasteiger charge is 2.30. The number of nitrogens with one attached hydrogen (secondary N) is 3. The van der Waals surface area contributed by atoms with Crippen LogP contribution < -0.4 is 27.4 Å². The maximum Gasteiger partial charge on any atom is 0.326 e. The Balaban J connectivity index is 5.18. The maximum atomic E-state index is 12.4. The number of carboxylic acid groups (broad SMARTS) is 2. The first-order valence-electron chi connectivity index (χ1n) is 8.95. The molecule has 0 aliphatic carbocycles. The van der Waals surface area contributed by atoms with Gasteiger partial charge in [-0.05, 0) is 32.7 Å². The first-order valence-corrected chi connectivity index (χ1v) is 8.95. The molecule has 13 heteroatoms. The van der Waals surface area contributed by atoms with Crippen LogP contribution in [0.5, 0.6) is 0 Å². The fourth-order valence-corrected chi connectivity index (χ4v) is 2.18. The fourth-order valence-electron chi connectivity index (χ4n) is 2.18. The lowest BCUT2D eigenvalue weighted by Crippen LogP contribution is -2.58. The SMILES string of the molecule is CC(N)C(=O)NC(CO)C(=O)NC(CC(=O)O)C(=O)NC(CCCCN)C(=O)O. The molecule has 0 rings (SSSR count). The standard InChI is InChI=1S/C16H29N5O8/c1-8(18)13(25)21-11(7-22)15(27)20-10(6-12(23)24)14(26)19-9(16(28)29)4-2-3-5-17/h8-11,22H,2-7,17-18H2,1H3,(H,19,26)(H,20,27)(H,21,25)(H,23,24)(H,28,29). The van der Waals surface area contributed by atoms with Gasteiger partial charge in [0.15, 0.2) is 0 Å². The molecule has 4 unspecified atom stereocenters. The van der Waals surface area contributed by atoms with E-state index in [-0.39, 0.29) is 6.42 Å². The summed E-state index contributed by atoms with van der Waals surface area (Å²) in [5, 5.41) is 33.9. The molecule has 0 aromatic rings. The number of aliphatic carboxylic acids is 2. The van der Waals surface area contributed by atoms with Crippen LogP contribution in [0.1, 0.15) is 32.6 Å². The van der Waals surface area contributed by atoms with Gasteiger partial charge in [-0.15, -0.1) is 0 Å². The molecule has 166 valence electrons. The molecule has 0 aliphatic rings. The van der Waals surface area contributed by atoms with Crippen molar-refractivity contribution in [1.82, 2.24) is 16.0 Å². The van der Waals surface area contributed by atoms with E-state index in [1.807, 2.05) is 0 Å². The zero-order chi connectivity index (χ0) is 22.6. The van der Waals surface area contributed by atoms with Crippen molar-refractivity contribution in [3.8, 4) is 0 Å². The van der Waals surface area contributed by atoms with E-state index in [0.717, 1.165) is 0 Å². The normalized spacial score (nSPS) is 14.8. The zero-order valence-corrected chi connectivity index (χ0v) is 16.1. The molecule has 29 heavy (non-hydrogen) atoms.